The predicted octanol–water partition coefficient (Wildman–Crippen LogP) is 4.07. The highest BCUT2D eigenvalue weighted by Gasteiger charge is 2.26. The molecule has 0 aliphatic carbocycles. The van der Waals surface area contributed by atoms with Crippen LogP contribution in [0.5, 0.6) is 0 Å². The molecule has 3 aliphatic rings. The number of halogens is 2. The van der Waals surface area contributed by atoms with Gasteiger partial charge in [0, 0.05) is 81.7 Å². The maximum absolute atomic E-state index is 14.7. The number of aryl methyl sites for hydroxylation is 1. The van der Waals surface area contributed by atoms with Gasteiger partial charge in [0.25, 0.3) is 11.8 Å². The zero-order valence-corrected chi connectivity index (χ0v) is 30.7. The minimum absolute atomic E-state index is 0.00613. The lowest BCUT2D eigenvalue weighted by molar-refractivity contribution is 0.0923. The van der Waals surface area contributed by atoms with Crippen LogP contribution in [0.15, 0.2) is 73.2 Å². The number of aromatic nitrogens is 4. The molecule has 3 aromatic heterocycles. The first-order valence-corrected chi connectivity index (χ1v) is 18.3. The molecule has 3 fully saturated rings. The number of amides is 2. The van der Waals surface area contributed by atoms with Crippen molar-refractivity contribution in [3.05, 3.63) is 96.1 Å². The third-order valence-corrected chi connectivity index (χ3v) is 10.1. The molecule has 0 saturated carbocycles. The van der Waals surface area contributed by atoms with Gasteiger partial charge in [-0.1, -0.05) is 12.1 Å². The quantitative estimate of drug-likeness (QED) is 0.230. The van der Waals surface area contributed by atoms with E-state index in [9.17, 15) is 18.4 Å². The first-order chi connectivity index (χ1) is 27.2. The predicted molar refractivity (Wildman–Crippen MR) is 203 cm³/mol. The summed E-state index contributed by atoms with van der Waals surface area (Å²) in [6, 6.07) is 15.1. The standard InChI is InChI=1S/C21H22FN5O2.C19H17FN6O/c22-19-11-15(16-3-5-24-20(12-16)27-7-9-29-10-8-27)1-2-18(19)21(28)25-17-4-6-26(13-17)14-23;1-25-17-3-2-12(6-14(17)9-23-25)13-7-16(20)18(22-8-13)19(27)24-15-4-5-26(10-15)11-21/h1-3,5,11-12,17H,4,6-10,13H2,(H,25,28);2-3,6-9,15H,4-5,10H2,1H3,(H,24,27)/t17-;15-/m11/s1. The molecule has 5 aromatic rings. The van der Waals surface area contributed by atoms with E-state index in [1.165, 1.54) is 24.4 Å². The Labute approximate surface area is 321 Å². The number of carbonyl (C=O) groups is 2. The monoisotopic (exact) mass is 759 g/mol. The van der Waals surface area contributed by atoms with Crippen molar-refractivity contribution in [2.75, 3.05) is 57.4 Å². The van der Waals surface area contributed by atoms with Gasteiger partial charge in [-0.2, -0.15) is 15.6 Å². The highest BCUT2D eigenvalue weighted by molar-refractivity contribution is 5.95. The van der Waals surface area contributed by atoms with E-state index >= 15 is 0 Å². The second kappa shape index (κ2) is 16.8. The summed E-state index contributed by atoms with van der Waals surface area (Å²) in [7, 11) is 1.86. The lowest BCUT2D eigenvalue weighted by atomic mass is 10.0. The van der Waals surface area contributed by atoms with Crippen LogP contribution in [0.25, 0.3) is 33.2 Å². The summed E-state index contributed by atoms with van der Waals surface area (Å²) in [4.78, 5) is 38.5. The topological polar surface area (TPSA) is 168 Å². The van der Waals surface area contributed by atoms with E-state index in [0.29, 0.717) is 63.4 Å². The van der Waals surface area contributed by atoms with E-state index in [0.717, 1.165) is 40.9 Å². The van der Waals surface area contributed by atoms with Gasteiger partial charge in [0.15, 0.2) is 23.9 Å². The van der Waals surface area contributed by atoms with Crippen LogP contribution in [-0.4, -0.2) is 106 Å². The second-order valence-electron chi connectivity index (χ2n) is 13.8. The molecule has 2 amide bonds. The Morgan fingerprint density at radius 2 is 1.41 bits per heavy atom. The molecule has 8 rings (SSSR count). The number of ether oxygens (including phenoxy) is 1. The van der Waals surface area contributed by atoms with Crippen molar-refractivity contribution in [1.82, 2.24) is 40.2 Å². The van der Waals surface area contributed by atoms with Crippen molar-refractivity contribution >= 4 is 28.5 Å². The molecular weight excluding hydrogens is 721 g/mol. The molecule has 6 heterocycles. The minimum atomic E-state index is -0.675. The molecular formula is C40H39F2N11O3. The van der Waals surface area contributed by atoms with Crippen molar-refractivity contribution in [2.24, 2.45) is 7.05 Å². The maximum atomic E-state index is 14.7. The SMILES string of the molecule is Cn1ncc2cc(-c3cnc(C(=O)N[C@@H]4CCN(C#N)C4)c(F)c3)ccc21.N#CN1CC[C@@H](NC(=O)c2ccc(-c3ccnc(N4CCOCC4)c3)cc2F)C1. The molecule has 0 bridgehead atoms. The summed E-state index contributed by atoms with van der Waals surface area (Å²) in [5.41, 5.74) is 3.66. The fourth-order valence-electron chi connectivity index (χ4n) is 7.00. The molecule has 2 atom stereocenters. The van der Waals surface area contributed by atoms with Crippen LogP contribution in [0, 0.1) is 34.5 Å². The van der Waals surface area contributed by atoms with Crippen molar-refractivity contribution in [1.29, 1.82) is 10.5 Å². The Bertz CT molecular complexity index is 2330. The van der Waals surface area contributed by atoms with Crippen molar-refractivity contribution in [3.8, 4) is 34.6 Å². The molecule has 56 heavy (non-hydrogen) atoms. The highest BCUT2D eigenvalue weighted by Crippen LogP contribution is 2.27. The number of morpholine rings is 1. The lowest BCUT2D eigenvalue weighted by Crippen LogP contribution is -2.37. The van der Waals surface area contributed by atoms with Crippen LogP contribution >= 0.6 is 0 Å². The van der Waals surface area contributed by atoms with Gasteiger partial charge in [0.1, 0.15) is 11.6 Å². The molecule has 16 heteroatoms. The maximum Gasteiger partial charge on any atom is 0.273 e. The number of rotatable bonds is 7. The summed E-state index contributed by atoms with van der Waals surface area (Å²) in [6.07, 6.45) is 10.4. The first-order valence-electron chi connectivity index (χ1n) is 18.3. The van der Waals surface area contributed by atoms with Crippen LogP contribution in [0.4, 0.5) is 14.6 Å². The van der Waals surface area contributed by atoms with E-state index in [4.69, 9.17) is 15.3 Å². The van der Waals surface area contributed by atoms with E-state index in [1.807, 2.05) is 43.6 Å². The van der Waals surface area contributed by atoms with Crippen LogP contribution in [0.1, 0.15) is 33.7 Å². The number of likely N-dealkylation sites (tertiary alicyclic amines) is 2. The molecule has 0 radical (unpaired) electrons. The molecule has 3 saturated heterocycles. The molecule has 286 valence electrons. The van der Waals surface area contributed by atoms with Crippen LogP contribution in [0.3, 0.4) is 0 Å². The van der Waals surface area contributed by atoms with Gasteiger partial charge in [-0.05, 0) is 72.0 Å². The zero-order chi connectivity index (χ0) is 39.2. The van der Waals surface area contributed by atoms with Gasteiger partial charge in [-0.25, -0.2) is 18.7 Å². The molecule has 0 spiro atoms. The highest BCUT2D eigenvalue weighted by atomic mass is 19.1. The number of nitrogens with one attached hydrogen (secondary N) is 2. The fraction of sp³-hybridized carbons (Fsp3) is 0.325. The summed E-state index contributed by atoms with van der Waals surface area (Å²) in [5.74, 6) is -1.43. The Morgan fingerprint density at radius 1 is 0.768 bits per heavy atom. The Balaban J connectivity index is 0.000000172. The summed E-state index contributed by atoms with van der Waals surface area (Å²) in [6.45, 7) is 4.97. The van der Waals surface area contributed by atoms with Gasteiger partial charge in [-0.3, -0.25) is 14.3 Å². The number of hydrogen-bond donors (Lipinski definition) is 2. The number of anilines is 1. The van der Waals surface area contributed by atoms with Crippen molar-refractivity contribution in [3.63, 3.8) is 0 Å². The van der Waals surface area contributed by atoms with Gasteiger partial charge < -0.3 is 30.1 Å². The third kappa shape index (κ3) is 8.51. The third-order valence-electron chi connectivity index (χ3n) is 10.1. The normalized spacial score (nSPS) is 17.8. The number of fused-ring (bicyclic) bond motifs is 1. The van der Waals surface area contributed by atoms with Gasteiger partial charge in [0.05, 0.1) is 30.5 Å². The van der Waals surface area contributed by atoms with E-state index < -0.39 is 23.4 Å². The Hall–Kier alpha value is -6.65. The van der Waals surface area contributed by atoms with Gasteiger partial charge in [-0.15, -0.1) is 0 Å². The Kier molecular flexibility index (Phi) is 11.3. The van der Waals surface area contributed by atoms with E-state index in [2.05, 4.69) is 36.8 Å². The van der Waals surface area contributed by atoms with Crippen LogP contribution in [0.2, 0.25) is 0 Å². The summed E-state index contributed by atoms with van der Waals surface area (Å²) in [5, 5.41) is 28.5. The average Bonchev–Trinajstić information content (AvgIpc) is 3.98. The van der Waals surface area contributed by atoms with Crippen LogP contribution < -0.4 is 15.5 Å². The number of carbonyl (C=O) groups excluding carboxylic acids is 2. The fourth-order valence-corrected chi connectivity index (χ4v) is 7.00. The van der Waals surface area contributed by atoms with Crippen LogP contribution in [-0.2, 0) is 11.8 Å². The minimum Gasteiger partial charge on any atom is -0.378 e. The van der Waals surface area contributed by atoms with E-state index in [-0.39, 0.29) is 23.3 Å². The average molecular weight is 760 g/mol. The second-order valence-corrected chi connectivity index (χ2v) is 13.8. The molecule has 14 nitrogen and oxygen atoms in total. The van der Waals surface area contributed by atoms with Gasteiger partial charge >= 0.3 is 0 Å². The van der Waals surface area contributed by atoms with Crippen molar-refractivity contribution in [2.45, 2.75) is 24.9 Å². The largest absolute Gasteiger partial charge is 0.378 e. The molecule has 2 aromatic carbocycles. The lowest BCUT2D eigenvalue weighted by Gasteiger charge is -2.28. The number of pyridine rings is 2. The van der Waals surface area contributed by atoms with Gasteiger partial charge in [0.2, 0.25) is 0 Å². The van der Waals surface area contributed by atoms with E-state index in [1.54, 1.807) is 32.9 Å². The summed E-state index contributed by atoms with van der Waals surface area (Å²) < 4.78 is 36.3. The number of nitriles is 2. The first kappa shape index (κ1) is 37.7. The molecule has 2 N–H and O–H groups in total. The summed E-state index contributed by atoms with van der Waals surface area (Å²) >= 11 is 0. The number of benzene rings is 2. The zero-order valence-electron chi connectivity index (χ0n) is 30.7. The number of hydrogen-bond acceptors (Lipinski definition) is 11. The smallest absolute Gasteiger partial charge is 0.273 e. The number of nitrogens with zero attached hydrogens (tertiary/aromatic N) is 9. The van der Waals surface area contributed by atoms with Crippen molar-refractivity contribution < 1.29 is 23.1 Å². The molecule has 3 aliphatic heterocycles. The Morgan fingerprint density at radius 3 is 2.07 bits per heavy atom. The molecule has 0 unspecified atom stereocenters.